The maximum absolute atomic E-state index is 15.0. The molecule has 1 aromatic carbocycles. The van der Waals surface area contributed by atoms with E-state index in [0.717, 1.165) is 0 Å². The average molecular weight is 448 g/mol. The van der Waals surface area contributed by atoms with Gasteiger partial charge in [-0.1, -0.05) is 0 Å². The van der Waals surface area contributed by atoms with Crippen molar-refractivity contribution < 1.29 is 18.3 Å². The van der Waals surface area contributed by atoms with Gasteiger partial charge in [0, 0.05) is 36.7 Å². The Balaban J connectivity index is 1.50. The molecule has 2 aromatic heterocycles. The second-order valence-electron chi connectivity index (χ2n) is 7.86. The van der Waals surface area contributed by atoms with Crippen LogP contribution in [0.3, 0.4) is 0 Å². The van der Waals surface area contributed by atoms with Gasteiger partial charge in [-0.05, 0) is 55.0 Å². The zero-order valence-corrected chi connectivity index (χ0v) is 17.8. The van der Waals surface area contributed by atoms with Crippen LogP contribution in [-0.2, 0) is 4.74 Å². The molecule has 0 aliphatic carbocycles. The van der Waals surface area contributed by atoms with Crippen molar-refractivity contribution in [1.82, 2.24) is 15.3 Å². The molecule has 0 spiro atoms. The summed E-state index contributed by atoms with van der Waals surface area (Å²) in [5.74, 6) is -1.21. The van der Waals surface area contributed by atoms with E-state index in [-0.39, 0.29) is 17.5 Å². The first-order valence-electron chi connectivity index (χ1n) is 10.5. The minimum Gasteiger partial charge on any atom is -0.375 e. The van der Waals surface area contributed by atoms with Gasteiger partial charge >= 0.3 is 0 Å². The molecule has 1 atom stereocenters. The first-order valence-corrected chi connectivity index (χ1v) is 10.5. The van der Waals surface area contributed by atoms with Gasteiger partial charge in [0.15, 0.2) is 0 Å². The molecule has 0 unspecified atom stereocenters. The van der Waals surface area contributed by atoms with E-state index in [4.69, 9.17) is 4.74 Å². The second-order valence-corrected chi connectivity index (χ2v) is 7.86. The smallest absolute Gasteiger partial charge is 0.281 e. The normalized spacial score (nSPS) is 17.5. The van der Waals surface area contributed by atoms with E-state index in [1.807, 2.05) is 11.8 Å². The standard InChI is InChI=1S/C24H20F2N5O2/c1-14-13-31(8-9-33-14)20-4-3-17(11-18(20)25)29-23-22-15(6-7-27-24(22)32)10-19(30-23)16-2-5-21(26)28-12-16/h2-7,10-12,14H,8-9,13H2,1H3,(H,29,30)/t14-/m1/s1. The summed E-state index contributed by atoms with van der Waals surface area (Å²) in [5, 5.41) is 6.89. The zero-order valence-electron chi connectivity index (χ0n) is 17.8. The SMILES string of the molecule is C[C@@H]1CN(c2ccc(Nc3nc(-c4ccc(F)nc4)cc4c3C(=O)[N]C=C4)cc2F)CCO1. The van der Waals surface area contributed by atoms with Crippen LogP contribution >= 0.6 is 0 Å². The van der Waals surface area contributed by atoms with Crippen LogP contribution in [0.2, 0.25) is 0 Å². The summed E-state index contributed by atoms with van der Waals surface area (Å²) in [4.78, 5) is 22.7. The van der Waals surface area contributed by atoms with E-state index in [1.165, 1.54) is 24.5 Å². The van der Waals surface area contributed by atoms with Gasteiger partial charge in [-0.3, -0.25) is 4.79 Å². The van der Waals surface area contributed by atoms with Gasteiger partial charge in [0.2, 0.25) is 5.95 Å². The minimum absolute atomic E-state index is 0.0261. The molecule has 167 valence electrons. The van der Waals surface area contributed by atoms with Crippen molar-refractivity contribution in [3.05, 3.63) is 71.7 Å². The Hall–Kier alpha value is -3.85. The van der Waals surface area contributed by atoms with Crippen LogP contribution in [-0.4, -0.2) is 41.7 Å². The van der Waals surface area contributed by atoms with Crippen LogP contribution in [0.5, 0.6) is 0 Å². The summed E-state index contributed by atoms with van der Waals surface area (Å²) in [6.45, 7) is 3.71. The van der Waals surface area contributed by atoms with Gasteiger partial charge in [0.25, 0.3) is 5.91 Å². The molecule has 1 fully saturated rings. The van der Waals surface area contributed by atoms with Crippen LogP contribution in [0, 0.1) is 11.8 Å². The number of rotatable bonds is 4. The van der Waals surface area contributed by atoms with Crippen molar-refractivity contribution in [1.29, 1.82) is 0 Å². The second kappa shape index (κ2) is 8.59. The van der Waals surface area contributed by atoms with Crippen LogP contribution in [0.15, 0.2) is 48.8 Å². The molecule has 2 aliphatic rings. The number of amides is 1. The van der Waals surface area contributed by atoms with E-state index in [1.54, 1.807) is 30.3 Å². The summed E-state index contributed by atoms with van der Waals surface area (Å²) >= 11 is 0. The number of morpholine rings is 1. The molecule has 0 saturated carbocycles. The van der Waals surface area contributed by atoms with E-state index >= 15 is 0 Å². The highest BCUT2D eigenvalue weighted by Gasteiger charge is 2.23. The van der Waals surface area contributed by atoms with Crippen LogP contribution in [0.1, 0.15) is 22.8 Å². The van der Waals surface area contributed by atoms with Crippen molar-refractivity contribution in [3.63, 3.8) is 0 Å². The lowest BCUT2D eigenvalue weighted by molar-refractivity contribution is 0.0530. The molecular formula is C24H20F2N5O2. The van der Waals surface area contributed by atoms with Gasteiger partial charge in [0.1, 0.15) is 11.6 Å². The number of halogens is 2. The summed E-state index contributed by atoms with van der Waals surface area (Å²) < 4.78 is 33.8. The highest BCUT2D eigenvalue weighted by Crippen LogP contribution is 2.32. The Bertz CT molecular complexity index is 1250. The fraction of sp³-hybridized carbons (Fsp3) is 0.208. The predicted octanol–water partition coefficient (Wildman–Crippen LogP) is 4.12. The molecule has 3 aromatic rings. The third-order valence-electron chi connectivity index (χ3n) is 5.53. The monoisotopic (exact) mass is 448 g/mol. The van der Waals surface area contributed by atoms with Gasteiger partial charge in [-0.2, -0.15) is 4.39 Å². The molecule has 4 heterocycles. The summed E-state index contributed by atoms with van der Waals surface area (Å²) in [7, 11) is 0. The molecular weight excluding hydrogens is 428 g/mol. The number of nitrogens with one attached hydrogen (secondary N) is 1. The first-order chi connectivity index (χ1) is 16.0. The molecule has 1 amide bonds. The number of carbonyl (C=O) groups excluding carboxylic acids is 1. The number of aromatic nitrogens is 2. The lowest BCUT2D eigenvalue weighted by atomic mass is 10.0. The third-order valence-corrected chi connectivity index (χ3v) is 5.53. The number of ether oxygens (including phenoxy) is 1. The summed E-state index contributed by atoms with van der Waals surface area (Å²) in [5.41, 5.74) is 2.87. The highest BCUT2D eigenvalue weighted by atomic mass is 19.1. The number of anilines is 3. The maximum Gasteiger partial charge on any atom is 0.281 e. The van der Waals surface area contributed by atoms with Crippen LogP contribution in [0.4, 0.5) is 26.0 Å². The molecule has 0 bridgehead atoms. The fourth-order valence-electron chi connectivity index (χ4n) is 3.95. The van der Waals surface area contributed by atoms with Gasteiger partial charge in [-0.25, -0.2) is 19.7 Å². The molecule has 1 radical (unpaired) electrons. The topological polar surface area (TPSA) is 81.5 Å². The molecule has 9 heteroatoms. The molecule has 1 saturated heterocycles. The fourth-order valence-corrected chi connectivity index (χ4v) is 3.95. The van der Waals surface area contributed by atoms with Gasteiger partial charge in [0.05, 0.1) is 29.7 Å². The Labute approximate surface area is 189 Å². The Kier molecular flexibility index (Phi) is 5.47. The first kappa shape index (κ1) is 21.0. The maximum atomic E-state index is 15.0. The molecule has 1 N–H and O–H groups in total. The van der Waals surface area contributed by atoms with Gasteiger partial charge in [-0.15, -0.1) is 0 Å². The molecule has 2 aliphatic heterocycles. The number of hydrogen-bond acceptors (Lipinski definition) is 6. The van der Waals surface area contributed by atoms with Crippen molar-refractivity contribution in [3.8, 4) is 11.3 Å². The number of fused-ring (bicyclic) bond motifs is 1. The number of hydrogen-bond donors (Lipinski definition) is 1. The lowest BCUT2D eigenvalue weighted by Crippen LogP contribution is -2.41. The highest BCUT2D eigenvalue weighted by molar-refractivity contribution is 6.05. The number of carbonyl (C=O) groups is 1. The number of benzene rings is 1. The predicted molar refractivity (Wildman–Crippen MR) is 120 cm³/mol. The Morgan fingerprint density at radius 2 is 2.06 bits per heavy atom. The number of nitrogens with zero attached hydrogens (tertiary/aromatic N) is 4. The Morgan fingerprint density at radius 3 is 2.82 bits per heavy atom. The third kappa shape index (κ3) is 4.27. The average Bonchev–Trinajstić information content (AvgIpc) is 2.79. The van der Waals surface area contributed by atoms with E-state index in [9.17, 15) is 13.6 Å². The van der Waals surface area contributed by atoms with Gasteiger partial charge < -0.3 is 15.0 Å². The largest absolute Gasteiger partial charge is 0.375 e. The molecule has 5 rings (SSSR count). The number of pyridine rings is 2. The Morgan fingerprint density at radius 1 is 1.18 bits per heavy atom. The van der Waals surface area contributed by atoms with Crippen LogP contribution in [0.25, 0.3) is 17.3 Å². The van der Waals surface area contributed by atoms with E-state index < -0.39 is 17.7 Å². The van der Waals surface area contributed by atoms with Crippen molar-refractivity contribution in [2.75, 3.05) is 29.9 Å². The zero-order chi connectivity index (χ0) is 22.9. The van der Waals surface area contributed by atoms with E-state index in [0.29, 0.717) is 47.9 Å². The summed E-state index contributed by atoms with van der Waals surface area (Å²) in [6.07, 6.45) is 4.49. The quantitative estimate of drug-likeness (QED) is 0.605. The summed E-state index contributed by atoms with van der Waals surface area (Å²) in [6, 6.07) is 9.30. The molecule has 33 heavy (non-hydrogen) atoms. The lowest BCUT2D eigenvalue weighted by Gasteiger charge is -2.33. The van der Waals surface area contributed by atoms with Crippen molar-refractivity contribution in [2.45, 2.75) is 13.0 Å². The minimum atomic E-state index is -0.603. The van der Waals surface area contributed by atoms with Crippen molar-refractivity contribution >= 4 is 29.2 Å². The van der Waals surface area contributed by atoms with E-state index in [2.05, 4.69) is 20.6 Å². The van der Waals surface area contributed by atoms with Crippen molar-refractivity contribution in [2.24, 2.45) is 0 Å². The van der Waals surface area contributed by atoms with Crippen LogP contribution < -0.4 is 15.5 Å². The molecule has 7 nitrogen and oxygen atoms in total.